The summed E-state index contributed by atoms with van der Waals surface area (Å²) in [6.45, 7) is 6.24. The van der Waals surface area contributed by atoms with Crippen LogP contribution in [0.15, 0.2) is 18.2 Å². The summed E-state index contributed by atoms with van der Waals surface area (Å²) < 4.78 is 5.58. The molecule has 1 unspecified atom stereocenters. The van der Waals surface area contributed by atoms with E-state index in [1.807, 2.05) is 24.0 Å². The number of amides is 1. The van der Waals surface area contributed by atoms with E-state index >= 15 is 0 Å². The average Bonchev–Trinajstić information content (AvgIpc) is 2.95. The number of benzene rings is 1. The molecule has 1 aromatic carbocycles. The Labute approximate surface area is 172 Å². The molecule has 28 heavy (non-hydrogen) atoms. The fraction of sp³-hybridized carbons (Fsp3) is 0.682. The van der Waals surface area contributed by atoms with Crippen LogP contribution in [0.4, 0.5) is 0 Å². The van der Waals surface area contributed by atoms with Crippen LogP contribution in [0, 0.1) is 5.92 Å². The van der Waals surface area contributed by atoms with Crippen LogP contribution in [0.3, 0.4) is 0 Å². The number of halogens is 1. The summed E-state index contributed by atoms with van der Waals surface area (Å²) in [5.74, 6) is 0.789. The van der Waals surface area contributed by atoms with Crippen molar-refractivity contribution >= 4 is 17.5 Å². The highest BCUT2D eigenvalue weighted by Gasteiger charge is 2.39. The predicted octanol–water partition coefficient (Wildman–Crippen LogP) is 3.57. The topological polar surface area (TPSA) is 70.0 Å². The van der Waals surface area contributed by atoms with Crippen molar-refractivity contribution in [2.24, 2.45) is 5.92 Å². The second-order valence-corrected chi connectivity index (χ2v) is 9.71. The Kier molecular flexibility index (Phi) is 6.28. The van der Waals surface area contributed by atoms with Crippen LogP contribution >= 0.6 is 11.6 Å². The van der Waals surface area contributed by atoms with Gasteiger partial charge in [-0.1, -0.05) is 17.7 Å². The quantitative estimate of drug-likeness (QED) is 0.753. The minimum absolute atomic E-state index is 0.0388. The maximum absolute atomic E-state index is 12.9. The summed E-state index contributed by atoms with van der Waals surface area (Å²) >= 11 is 6.43. The Morgan fingerprint density at radius 2 is 1.96 bits per heavy atom. The summed E-state index contributed by atoms with van der Waals surface area (Å²) in [6, 6.07) is 5.76. The summed E-state index contributed by atoms with van der Waals surface area (Å²) in [4.78, 5) is 15.0. The van der Waals surface area contributed by atoms with E-state index in [2.05, 4.69) is 0 Å². The lowest BCUT2D eigenvalue weighted by Gasteiger charge is -2.37. The van der Waals surface area contributed by atoms with Crippen LogP contribution in [0.25, 0.3) is 0 Å². The van der Waals surface area contributed by atoms with Crippen molar-refractivity contribution in [1.82, 2.24) is 4.90 Å². The number of aliphatic hydroxyl groups is 2. The zero-order valence-electron chi connectivity index (χ0n) is 17.1. The molecule has 1 aromatic rings. The molecule has 0 aromatic heterocycles. The first kappa shape index (κ1) is 21.4. The van der Waals surface area contributed by atoms with E-state index in [1.165, 1.54) is 0 Å². The Morgan fingerprint density at radius 3 is 2.57 bits per heavy atom. The third-order valence-electron chi connectivity index (χ3n) is 5.91. The summed E-state index contributed by atoms with van der Waals surface area (Å²) in [5.41, 5.74) is -0.539. The van der Waals surface area contributed by atoms with Crippen LogP contribution in [0.5, 0.6) is 5.75 Å². The molecule has 2 aliphatic rings. The van der Waals surface area contributed by atoms with Crippen molar-refractivity contribution in [3.63, 3.8) is 0 Å². The van der Waals surface area contributed by atoms with E-state index in [-0.39, 0.29) is 24.5 Å². The molecule has 1 aliphatic heterocycles. The molecule has 0 bridgehead atoms. The number of hydrogen-bond acceptors (Lipinski definition) is 4. The van der Waals surface area contributed by atoms with Gasteiger partial charge >= 0.3 is 0 Å². The number of rotatable bonds is 6. The van der Waals surface area contributed by atoms with Crippen LogP contribution in [0.1, 0.15) is 58.4 Å². The minimum Gasteiger partial charge on any atom is -0.491 e. The molecule has 1 aliphatic carbocycles. The smallest absolute Gasteiger partial charge is 0.226 e. The molecule has 5 nitrogen and oxygen atoms in total. The van der Waals surface area contributed by atoms with Crippen molar-refractivity contribution in [3.05, 3.63) is 28.8 Å². The third kappa shape index (κ3) is 5.40. The summed E-state index contributed by atoms with van der Waals surface area (Å²) in [6.07, 6.45) is 4.73. The Hall–Kier alpha value is -1.30. The molecule has 1 saturated heterocycles. The van der Waals surface area contributed by atoms with E-state index in [9.17, 15) is 15.0 Å². The van der Waals surface area contributed by atoms with Crippen molar-refractivity contribution in [2.45, 2.75) is 76.5 Å². The van der Waals surface area contributed by atoms with E-state index in [0.717, 1.165) is 44.2 Å². The average molecular weight is 410 g/mol. The first-order valence-electron chi connectivity index (χ1n) is 10.2. The molecule has 0 spiro atoms. The number of hydrogen-bond donors (Lipinski definition) is 2. The van der Waals surface area contributed by atoms with Gasteiger partial charge in [0.1, 0.15) is 12.4 Å². The Bertz CT molecular complexity index is 703. The van der Waals surface area contributed by atoms with Crippen LogP contribution in [-0.4, -0.2) is 51.4 Å². The van der Waals surface area contributed by atoms with Crippen molar-refractivity contribution < 1.29 is 19.7 Å². The molecule has 1 saturated carbocycles. The maximum atomic E-state index is 12.9. The van der Waals surface area contributed by atoms with Crippen molar-refractivity contribution in [1.29, 1.82) is 0 Å². The number of likely N-dealkylation sites (tertiary alicyclic amines) is 1. The van der Waals surface area contributed by atoms with Gasteiger partial charge in [-0.15, -0.1) is 0 Å². The van der Waals surface area contributed by atoms with Gasteiger partial charge in [0.05, 0.1) is 11.2 Å². The lowest BCUT2D eigenvalue weighted by Crippen LogP contribution is -2.43. The lowest BCUT2D eigenvalue weighted by molar-refractivity contribution is -0.134. The standard InChI is InChI=1S/C22H32ClNO4/c1-21(2,26)14-28-18-5-4-15(19(23)13-18)12-16-8-11-24(20(16)25)17-6-9-22(3,27)10-7-17/h4-5,13,16-17,26-27H,6-12,14H2,1-3H3. The van der Waals surface area contributed by atoms with Crippen molar-refractivity contribution in [2.75, 3.05) is 13.2 Å². The molecule has 1 amide bonds. The SMILES string of the molecule is CC(C)(O)COc1ccc(CC2CCN(C3CCC(C)(O)CC3)C2=O)c(Cl)c1. The molecule has 1 heterocycles. The van der Waals surface area contributed by atoms with Crippen molar-refractivity contribution in [3.8, 4) is 5.75 Å². The first-order valence-corrected chi connectivity index (χ1v) is 10.6. The van der Waals surface area contributed by atoms with Gasteiger partial charge in [-0.3, -0.25) is 4.79 Å². The third-order valence-corrected chi connectivity index (χ3v) is 6.26. The van der Waals surface area contributed by atoms with E-state index in [1.54, 1.807) is 19.9 Å². The highest BCUT2D eigenvalue weighted by atomic mass is 35.5. The molecule has 6 heteroatoms. The number of ether oxygens (including phenoxy) is 1. The lowest BCUT2D eigenvalue weighted by atomic mass is 9.83. The zero-order chi connectivity index (χ0) is 20.5. The second kappa shape index (κ2) is 8.21. The van der Waals surface area contributed by atoms with Crippen LogP contribution < -0.4 is 4.74 Å². The van der Waals surface area contributed by atoms with Gasteiger partial charge in [-0.2, -0.15) is 0 Å². The Balaban J connectivity index is 1.58. The number of carbonyl (C=O) groups excluding carboxylic acids is 1. The highest BCUT2D eigenvalue weighted by molar-refractivity contribution is 6.31. The van der Waals surface area contributed by atoms with Gasteiger partial charge in [-0.05, 0) is 77.0 Å². The molecular formula is C22H32ClNO4. The van der Waals surface area contributed by atoms with E-state index in [0.29, 0.717) is 17.2 Å². The molecule has 2 N–H and O–H groups in total. The van der Waals surface area contributed by atoms with Gasteiger partial charge in [0.15, 0.2) is 0 Å². The molecule has 156 valence electrons. The van der Waals surface area contributed by atoms with E-state index in [4.69, 9.17) is 16.3 Å². The zero-order valence-corrected chi connectivity index (χ0v) is 17.8. The molecule has 0 radical (unpaired) electrons. The number of nitrogens with zero attached hydrogens (tertiary/aromatic N) is 1. The Morgan fingerprint density at radius 1 is 1.29 bits per heavy atom. The molecular weight excluding hydrogens is 378 g/mol. The van der Waals surface area contributed by atoms with Crippen LogP contribution in [-0.2, 0) is 11.2 Å². The summed E-state index contributed by atoms with van der Waals surface area (Å²) in [5, 5.41) is 20.5. The fourth-order valence-corrected chi connectivity index (χ4v) is 4.41. The fourth-order valence-electron chi connectivity index (χ4n) is 4.16. The second-order valence-electron chi connectivity index (χ2n) is 9.30. The summed E-state index contributed by atoms with van der Waals surface area (Å²) in [7, 11) is 0. The van der Waals surface area contributed by atoms with Gasteiger partial charge < -0.3 is 19.8 Å². The van der Waals surface area contributed by atoms with Gasteiger partial charge in [0.2, 0.25) is 5.91 Å². The van der Waals surface area contributed by atoms with Crippen LogP contribution in [0.2, 0.25) is 5.02 Å². The number of carbonyl (C=O) groups is 1. The minimum atomic E-state index is -0.905. The predicted molar refractivity (Wildman–Crippen MR) is 110 cm³/mol. The van der Waals surface area contributed by atoms with Gasteiger partial charge in [0, 0.05) is 23.5 Å². The normalized spacial score (nSPS) is 28.6. The van der Waals surface area contributed by atoms with Gasteiger partial charge in [0.25, 0.3) is 0 Å². The monoisotopic (exact) mass is 409 g/mol. The maximum Gasteiger partial charge on any atom is 0.226 e. The molecule has 2 fully saturated rings. The van der Waals surface area contributed by atoms with Gasteiger partial charge in [-0.25, -0.2) is 0 Å². The highest BCUT2D eigenvalue weighted by Crippen LogP contribution is 2.35. The van der Waals surface area contributed by atoms with E-state index < -0.39 is 11.2 Å². The molecule has 3 rings (SSSR count). The largest absolute Gasteiger partial charge is 0.491 e. The molecule has 1 atom stereocenters. The first-order chi connectivity index (χ1) is 13.0.